The second kappa shape index (κ2) is 12.6. The fraction of sp³-hybridized carbons (Fsp3) is 0.684. The van der Waals surface area contributed by atoms with Gasteiger partial charge in [0.2, 0.25) is 23.6 Å². The SMILES string of the molecule is C=C(C)CC12C=CC(C1)C1C(=O)N(CCCCCCC(O)CCC(O)CCN3C(=O)C4C5C=CC(CC(=C)C)(C5)C4C3=O)C(=O)C12. The third kappa shape index (κ3) is 5.67. The van der Waals surface area contributed by atoms with Gasteiger partial charge in [0.1, 0.15) is 0 Å². The minimum atomic E-state index is -0.690. The molecule has 0 aromatic rings. The van der Waals surface area contributed by atoms with Crippen molar-refractivity contribution < 1.29 is 29.4 Å². The van der Waals surface area contributed by atoms with Crippen molar-refractivity contribution in [2.75, 3.05) is 13.1 Å². The van der Waals surface area contributed by atoms with Gasteiger partial charge in [-0.1, -0.05) is 54.7 Å². The predicted octanol–water partition coefficient (Wildman–Crippen LogP) is 5.12. The molecule has 46 heavy (non-hydrogen) atoms. The minimum Gasteiger partial charge on any atom is -0.393 e. The van der Waals surface area contributed by atoms with Crippen LogP contribution in [0.5, 0.6) is 0 Å². The maximum Gasteiger partial charge on any atom is 0.234 e. The maximum absolute atomic E-state index is 13.4. The Kier molecular flexibility index (Phi) is 9.09. The highest BCUT2D eigenvalue weighted by atomic mass is 16.3. The molecule has 6 rings (SSSR count). The smallest absolute Gasteiger partial charge is 0.234 e. The molecule has 4 bridgehead atoms. The van der Waals surface area contributed by atoms with Gasteiger partial charge in [0, 0.05) is 23.9 Å². The second-order valence-corrected chi connectivity index (χ2v) is 15.7. The number of nitrogens with zero attached hydrogens (tertiary/aromatic N) is 2. The summed E-state index contributed by atoms with van der Waals surface area (Å²) in [6.45, 7) is 12.8. The van der Waals surface area contributed by atoms with E-state index in [9.17, 15) is 29.4 Å². The monoisotopic (exact) mass is 632 g/mol. The van der Waals surface area contributed by atoms with Crippen molar-refractivity contribution in [3.8, 4) is 0 Å². The van der Waals surface area contributed by atoms with Crippen LogP contribution in [0.4, 0.5) is 0 Å². The van der Waals surface area contributed by atoms with E-state index in [4.69, 9.17) is 0 Å². The number of amides is 4. The summed E-state index contributed by atoms with van der Waals surface area (Å²) in [7, 11) is 0. The molecule has 0 aromatic heterocycles. The van der Waals surface area contributed by atoms with Gasteiger partial charge in [0.05, 0.1) is 35.9 Å². The number of aliphatic hydroxyl groups is 2. The number of unbranched alkanes of at least 4 members (excludes halogenated alkanes) is 3. The Morgan fingerprint density at radius 1 is 0.696 bits per heavy atom. The van der Waals surface area contributed by atoms with Gasteiger partial charge in [-0.3, -0.25) is 29.0 Å². The summed E-state index contributed by atoms with van der Waals surface area (Å²) in [6.07, 6.45) is 15.7. The summed E-state index contributed by atoms with van der Waals surface area (Å²) in [6, 6.07) is 0. The van der Waals surface area contributed by atoms with Crippen LogP contribution in [0.3, 0.4) is 0 Å². The molecule has 2 N–H and O–H groups in total. The third-order valence-corrected chi connectivity index (χ3v) is 12.1. The van der Waals surface area contributed by atoms with Crippen molar-refractivity contribution in [3.05, 3.63) is 48.6 Å². The number of carbonyl (C=O) groups is 4. The quantitative estimate of drug-likeness (QED) is 0.131. The van der Waals surface area contributed by atoms with Crippen molar-refractivity contribution >= 4 is 23.6 Å². The zero-order valence-corrected chi connectivity index (χ0v) is 27.7. The average Bonchev–Trinajstić information content (AvgIpc) is 3.81. The number of hydrogen-bond donors (Lipinski definition) is 2. The van der Waals surface area contributed by atoms with E-state index < -0.39 is 12.2 Å². The van der Waals surface area contributed by atoms with Gasteiger partial charge < -0.3 is 10.2 Å². The van der Waals surface area contributed by atoms with Crippen molar-refractivity contribution in [1.82, 2.24) is 9.80 Å². The van der Waals surface area contributed by atoms with Crippen LogP contribution < -0.4 is 0 Å². The number of carbonyl (C=O) groups excluding carboxylic acids is 4. The van der Waals surface area contributed by atoms with Crippen LogP contribution in [0.2, 0.25) is 0 Å². The molecule has 0 aromatic carbocycles. The molecule has 4 fully saturated rings. The van der Waals surface area contributed by atoms with Crippen molar-refractivity contribution in [1.29, 1.82) is 0 Å². The van der Waals surface area contributed by atoms with Crippen LogP contribution in [-0.2, 0) is 19.2 Å². The third-order valence-electron chi connectivity index (χ3n) is 12.1. The molecule has 4 amide bonds. The van der Waals surface area contributed by atoms with Crippen LogP contribution in [0.15, 0.2) is 48.6 Å². The van der Waals surface area contributed by atoms with Crippen LogP contribution in [0.25, 0.3) is 0 Å². The average molecular weight is 633 g/mol. The first-order chi connectivity index (χ1) is 21.9. The summed E-state index contributed by atoms with van der Waals surface area (Å²) in [5, 5.41) is 21.1. The fourth-order valence-corrected chi connectivity index (χ4v) is 10.3. The number of hydrogen-bond acceptors (Lipinski definition) is 6. The molecule has 8 heteroatoms. The van der Waals surface area contributed by atoms with Gasteiger partial charge in [-0.2, -0.15) is 0 Å². The first-order valence-electron chi connectivity index (χ1n) is 17.6. The first-order valence-corrected chi connectivity index (χ1v) is 17.6. The molecule has 2 aliphatic heterocycles. The molecule has 10 atom stereocenters. The lowest BCUT2D eigenvalue weighted by Crippen LogP contribution is -2.37. The Bertz CT molecular complexity index is 1370. The number of likely N-dealkylation sites (tertiary alicyclic amines) is 2. The number of rotatable bonds is 17. The van der Waals surface area contributed by atoms with Gasteiger partial charge in [-0.05, 0) is 83.5 Å². The van der Waals surface area contributed by atoms with E-state index in [1.807, 2.05) is 13.8 Å². The highest BCUT2D eigenvalue weighted by Gasteiger charge is 2.66. The molecule has 2 saturated heterocycles. The lowest BCUT2D eigenvalue weighted by molar-refractivity contribution is -0.143. The molecule has 2 heterocycles. The summed E-state index contributed by atoms with van der Waals surface area (Å²) >= 11 is 0. The molecule has 10 unspecified atom stereocenters. The molecule has 250 valence electrons. The Labute approximate surface area is 273 Å². The molecular formula is C38H52N2O6. The largest absolute Gasteiger partial charge is 0.393 e. The van der Waals surface area contributed by atoms with E-state index in [0.717, 1.165) is 62.5 Å². The molecule has 6 aliphatic rings. The van der Waals surface area contributed by atoms with Gasteiger partial charge in [0.15, 0.2) is 0 Å². The van der Waals surface area contributed by atoms with Gasteiger partial charge in [-0.25, -0.2) is 0 Å². The van der Waals surface area contributed by atoms with Crippen molar-refractivity contribution in [2.24, 2.45) is 46.3 Å². The topological polar surface area (TPSA) is 115 Å². The Hall–Kier alpha value is -2.84. The van der Waals surface area contributed by atoms with E-state index >= 15 is 0 Å². The van der Waals surface area contributed by atoms with Crippen LogP contribution in [0.1, 0.15) is 90.9 Å². The Balaban J connectivity index is 0.861. The number of imide groups is 2. The van der Waals surface area contributed by atoms with Crippen molar-refractivity contribution in [2.45, 2.75) is 103 Å². The van der Waals surface area contributed by atoms with E-state index in [-0.39, 0.29) is 76.5 Å². The van der Waals surface area contributed by atoms with Gasteiger partial charge in [0.25, 0.3) is 0 Å². The number of aliphatic hydroxyl groups excluding tert-OH is 2. The van der Waals surface area contributed by atoms with Gasteiger partial charge >= 0.3 is 0 Å². The molecular weight excluding hydrogens is 580 g/mol. The molecule has 0 spiro atoms. The zero-order valence-electron chi connectivity index (χ0n) is 27.7. The lowest BCUT2D eigenvalue weighted by atomic mass is 9.71. The van der Waals surface area contributed by atoms with E-state index in [0.29, 0.717) is 32.2 Å². The fourth-order valence-electron chi connectivity index (χ4n) is 10.3. The molecule has 8 nitrogen and oxygen atoms in total. The number of fused-ring (bicyclic) bond motifs is 10. The standard InChI is InChI=1S/C38H52N2O6/c1-23(2)19-37-15-12-25(21-37)29-31(37)35(45)39(33(29)43)17-8-6-5-7-9-27(41)10-11-28(42)14-18-40-34(44)30-26-13-16-38(22-26,20-24(3)4)32(30)36(40)46/h12-13,15-16,25-32,41-42H,1,3,5-11,14,17-22H2,2,4H3. The van der Waals surface area contributed by atoms with Crippen LogP contribution in [-0.4, -0.2) is 68.9 Å². The summed E-state index contributed by atoms with van der Waals surface area (Å²) in [5.41, 5.74) is 1.54. The van der Waals surface area contributed by atoms with E-state index in [1.54, 1.807) is 0 Å². The Morgan fingerprint density at radius 2 is 1.15 bits per heavy atom. The predicted molar refractivity (Wildman–Crippen MR) is 175 cm³/mol. The zero-order chi connectivity index (χ0) is 33.0. The second-order valence-electron chi connectivity index (χ2n) is 15.7. The highest BCUT2D eigenvalue weighted by molar-refractivity contribution is 6.07. The van der Waals surface area contributed by atoms with Crippen molar-refractivity contribution in [3.63, 3.8) is 0 Å². The van der Waals surface area contributed by atoms with Crippen LogP contribution in [0, 0.1) is 46.3 Å². The van der Waals surface area contributed by atoms with E-state index in [2.05, 4.69) is 37.5 Å². The highest BCUT2D eigenvalue weighted by Crippen LogP contribution is 2.63. The summed E-state index contributed by atoms with van der Waals surface area (Å²) in [5.74, 6) is -0.960. The van der Waals surface area contributed by atoms with E-state index in [1.165, 1.54) is 9.80 Å². The molecule has 2 saturated carbocycles. The normalized spacial score (nSPS) is 36.3. The summed E-state index contributed by atoms with van der Waals surface area (Å²) < 4.78 is 0. The van der Waals surface area contributed by atoms with Gasteiger partial charge in [-0.15, -0.1) is 13.2 Å². The minimum absolute atomic E-state index is 0.000879. The Morgan fingerprint density at radius 3 is 1.65 bits per heavy atom. The molecule has 0 radical (unpaired) electrons. The van der Waals surface area contributed by atoms with Crippen LogP contribution >= 0.6 is 0 Å². The lowest BCUT2D eigenvalue weighted by Gasteiger charge is -2.31. The maximum atomic E-state index is 13.4. The first kappa shape index (κ1) is 33.1. The number of allylic oxidation sites excluding steroid dienone is 6. The summed E-state index contributed by atoms with van der Waals surface area (Å²) in [4.78, 5) is 55.9. The molecule has 4 aliphatic carbocycles.